The fourth-order valence-electron chi connectivity index (χ4n) is 1.74. The smallest absolute Gasteiger partial charge is 0.263 e. The maximum absolute atomic E-state index is 12.3. The highest BCUT2D eigenvalue weighted by molar-refractivity contribution is 9.11. The maximum atomic E-state index is 12.3. The molecule has 20 heavy (non-hydrogen) atoms. The number of hydrogen-bond acceptors (Lipinski definition) is 4. The Balaban J connectivity index is 2.26. The Kier molecular flexibility index (Phi) is 4.41. The molecule has 1 aromatic carbocycles. The van der Waals surface area contributed by atoms with E-state index in [0.29, 0.717) is 10.6 Å². The van der Waals surface area contributed by atoms with Crippen molar-refractivity contribution in [2.45, 2.75) is 11.8 Å². The SMILES string of the molecule is Cc1sc(Br)cc1S(=O)(=O)Nc1ccc(N(C)C)cc1. The zero-order valence-electron chi connectivity index (χ0n) is 11.3. The highest BCUT2D eigenvalue weighted by atomic mass is 79.9. The van der Waals surface area contributed by atoms with Gasteiger partial charge in [0.05, 0.1) is 3.79 Å². The fraction of sp³-hybridized carbons (Fsp3) is 0.231. The van der Waals surface area contributed by atoms with Crippen LogP contribution < -0.4 is 9.62 Å². The summed E-state index contributed by atoms with van der Waals surface area (Å²) in [6.45, 7) is 1.79. The molecule has 4 nitrogen and oxygen atoms in total. The van der Waals surface area contributed by atoms with Crippen molar-refractivity contribution in [3.63, 3.8) is 0 Å². The number of halogens is 1. The summed E-state index contributed by atoms with van der Waals surface area (Å²) >= 11 is 4.71. The lowest BCUT2D eigenvalue weighted by atomic mass is 10.3. The van der Waals surface area contributed by atoms with E-state index in [0.717, 1.165) is 14.4 Å². The van der Waals surface area contributed by atoms with Crippen LogP contribution in [0.5, 0.6) is 0 Å². The van der Waals surface area contributed by atoms with Gasteiger partial charge in [0.15, 0.2) is 0 Å². The number of hydrogen-bond donors (Lipinski definition) is 1. The normalized spacial score (nSPS) is 11.4. The van der Waals surface area contributed by atoms with E-state index in [1.807, 2.05) is 31.1 Å². The number of benzene rings is 1. The molecule has 7 heteroatoms. The minimum absolute atomic E-state index is 0.311. The highest BCUT2D eigenvalue weighted by Gasteiger charge is 2.19. The molecule has 1 N–H and O–H groups in total. The Morgan fingerprint density at radius 2 is 1.80 bits per heavy atom. The minimum Gasteiger partial charge on any atom is -0.378 e. The lowest BCUT2D eigenvalue weighted by molar-refractivity contribution is 0.601. The van der Waals surface area contributed by atoms with Crippen molar-refractivity contribution in [2.24, 2.45) is 0 Å². The van der Waals surface area contributed by atoms with E-state index >= 15 is 0 Å². The first-order chi connectivity index (χ1) is 9.29. The van der Waals surface area contributed by atoms with Crippen LogP contribution in [0.2, 0.25) is 0 Å². The first-order valence-electron chi connectivity index (χ1n) is 5.86. The maximum Gasteiger partial charge on any atom is 0.263 e. The second-order valence-corrected chi connectivity index (χ2v) is 8.80. The second kappa shape index (κ2) is 5.75. The van der Waals surface area contributed by atoms with Gasteiger partial charge in [-0.05, 0) is 53.2 Å². The van der Waals surface area contributed by atoms with Gasteiger partial charge in [-0.25, -0.2) is 8.42 Å². The molecule has 1 aromatic heterocycles. The van der Waals surface area contributed by atoms with Crippen molar-refractivity contribution >= 4 is 48.7 Å². The van der Waals surface area contributed by atoms with Crippen molar-refractivity contribution < 1.29 is 8.42 Å². The summed E-state index contributed by atoms with van der Waals surface area (Å²) in [6.07, 6.45) is 0. The zero-order valence-corrected chi connectivity index (χ0v) is 14.6. The van der Waals surface area contributed by atoms with Crippen molar-refractivity contribution in [2.75, 3.05) is 23.7 Å². The predicted octanol–water partition coefficient (Wildman–Crippen LogP) is 3.69. The second-order valence-electron chi connectivity index (χ2n) is 4.52. The van der Waals surface area contributed by atoms with E-state index in [1.165, 1.54) is 11.3 Å². The molecule has 0 aliphatic carbocycles. The van der Waals surface area contributed by atoms with Crippen LogP contribution in [0.3, 0.4) is 0 Å². The van der Waals surface area contributed by atoms with E-state index in [4.69, 9.17) is 0 Å². The lowest BCUT2D eigenvalue weighted by Crippen LogP contribution is -2.13. The van der Waals surface area contributed by atoms with Crippen LogP contribution in [0.15, 0.2) is 39.0 Å². The van der Waals surface area contributed by atoms with Gasteiger partial charge in [-0.3, -0.25) is 4.72 Å². The van der Waals surface area contributed by atoms with Gasteiger partial charge in [0.1, 0.15) is 4.90 Å². The van der Waals surface area contributed by atoms with Crippen LogP contribution in [-0.2, 0) is 10.0 Å². The molecule has 0 spiro atoms. The van der Waals surface area contributed by atoms with Crippen LogP contribution in [0.1, 0.15) is 4.88 Å². The van der Waals surface area contributed by atoms with Gasteiger partial charge in [0, 0.05) is 30.3 Å². The molecule has 0 aliphatic rings. The molecular weight excluding hydrogens is 360 g/mol. The Labute approximate surface area is 131 Å². The molecule has 0 radical (unpaired) electrons. The number of sulfonamides is 1. The largest absolute Gasteiger partial charge is 0.378 e. The molecule has 0 fully saturated rings. The van der Waals surface area contributed by atoms with Crippen molar-refractivity contribution in [1.29, 1.82) is 0 Å². The van der Waals surface area contributed by atoms with Crippen LogP contribution in [0.4, 0.5) is 11.4 Å². The third-order valence-corrected chi connectivity index (χ3v) is 5.96. The zero-order chi connectivity index (χ0) is 14.9. The van der Waals surface area contributed by atoms with E-state index < -0.39 is 10.0 Å². The molecule has 0 amide bonds. The molecule has 0 bridgehead atoms. The Bertz CT molecular complexity index is 706. The molecule has 108 valence electrons. The average molecular weight is 375 g/mol. The summed E-state index contributed by atoms with van der Waals surface area (Å²) < 4.78 is 28.0. The number of nitrogens with zero attached hydrogens (tertiary/aromatic N) is 1. The Morgan fingerprint density at radius 1 is 1.20 bits per heavy atom. The molecule has 0 saturated carbocycles. The quantitative estimate of drug-likeness (QED) is 0.887. The Hall–Kier alpha value is -1.05. The van der Waals surface area contributed by atoms with E-state index in [9.17, 15) is 8.42 Å². The monoisotopic (exact) mass is 374 g/mol. The third kappa shape index (κ3) is 3.34. The van der Waals surface area contributed by atoms with Crippen molar-refractivity contribution in [3.05, 3.63) is 39.0 Å². The standard InChI is InChI=1S/C13H15BrN2O2S2/c1-9-12(8-13(14)19-9)20(17,18)15-10-4-6-11(7-5-10)16(2)3/h4-8,15H,1-3H3. The minimum atomic E-state index is -3.54. The molecule has 0 aliphatic heterocycles. The van der Waals surface area contributed by atoms with Gasteiger partial charge >= 0.3 is 0 Å². The van der Waals surface area contributed by atoms with Crippen molar-refractivity contribution in [1.82, 2.24) is 0 Å². The van der Waals surface area contributed by atoms with Crippen LogP contribution in [0, 0.1) is 6.92 Å². The van der Waals surface area contributed by atoms with Gasteiger partial charge < -0.3 is 4.90 Å². The predicted molar refractivity (Wildman–Crippen MR) is 88.3 cm³/mol. The van der Waals surface area contributed by atoms with Gasteiger partial charge in [0.25, 0.3) is 10.0 Å². The summed E-state index contributed by atoms with van der Waals surface area (Å²) in [7, 11) is 0.332. The lowest BCUT2D eigenvalue weighted by Gasteiger charge is -2.13. The molecule has 0 saturated heterocycles. The number of rotatable bonds is 4. The fourth-order valence-corrected chi connectivity index (χ4v) is 5.21. The molecular formula is C13H15BrN2O2S2. The van der Waals surface area contributed by atoms with E-state index in [2.05, 4.69) is 20.7 Å². The number of anilines is 2. The van der Waals surface area contributed by atoms with E-state index in [-0.39, 0.29) is 0 Å². The van der Waals surface area contributed by atoms with Crippen LogP contribution in [-0.4, -0.2) is 22.5 Å². The van der Waals surface area contributed by atoms with Gasteiger partial charge in [0.2, 0.25) is 0 Å². The van der Waals surface area contributed by atoms with Gasteiger partial charge in [-0.1, -0.05) is 0 Å². The highest BCUT2D eigenvalue weighted by Crippen LogP contribution is 2.31. The Morgan fingerprint density at radius 3 is 2.25 bits per heavy atom. The molecule has 0 unspecified atom stereocenters. The molecule has 2 aromatic rings. The summed E-state index contributed by atoms with van der Waals surface area (Å²) in [4.78, 5) is 3.03. The first-order valence-corrected chi connectivity index (χ1v) is 8.95. The third-order valence-electron chi connectivity index (χ3n) is 2.77. The average Bonchev–Trinajstić information content (AvgIpc) is 2.69. The van der Waals surface area contributed by atoms with Gasteiger partial charge in [-0.15, -0.1) is 11.3 Å². The van der Waals surface area contributed by atoms with Crippen LogP contribution in [0.25, 0.3) is 0 Å². The number of aryl methyl sites for hydroxylation is 1. The molecule has 1 heterocycles. The summed E-state index contributed by atoms with van der Waals surface area (Å²) in [6, 6.07) is 8.87. The summed E-state index contributed by atoms with van der Waals surface area (Å²) in [5.41, 5.74) is 1.57. The number of nitrogens with one attached hydrogen (secondary N) is 1. The summed E-state index contributed by atoms with van der Waals surface area (Å²) in [5.74, 6) is 0. The van der Waals surface area contributed by atoms with Gasteiger partial charge in [-0.2, -0.15) is 0 Å². The molecule has 0 atom stereocenters. The molecule has 2 rings (SSSR count). The van der Waals surface area contributed by atoms with E-state index in [1.54, 1.807) is 25.1 Å². The van der Waals surface area contributed by atoms with Crippen LogP contribution >= 0.6 is 27.3 Å². The number of thiophene rings is 1. The topological polar surface area (TPSA) is 49.4 Å². The first kappa shape index (κ1) is 15.3. The van der Waals surface area contributed by atoms with Crippen molar-refractivity contribution in [3.8, 4) is 0 Å². The summed E-state index contributed by atoms with van der Waals surface area (Å²) in [5, 5.41) is 0.